The molecular formula is C18H24N4O2. The third kappa shape index (κ3) is 4.22. The highest BCUT2D eigenvalue weighted by Crippen LogP contribution is 2.21. The molecule has 0 saturated heterocycles. The molecule has 0 aliphatic carbocycles. The summed E-state index contributed by atoms with van der Waals surface area (Å²) in [5.41, 5.74) is 2.60. The van der Waals surface area contributed by atoms with E-state index in [9.17, 15) is 9.59 Å². The first kappa shape index (κ1) is 17.7. The smallest absolute Gasteiger partial charge is 0.276 e. The van der Waals surface area contributed by atoms with Crippen LogP contribution in [0.25, 0.3) is 0 Å². The molecule has 0 saturated carbocycles. The van der Waals surface area contributed by atoms with E-state index < -0.39 is 0 Å². The van der Waals surface area contributed by atoms with Crippen molar-refractivity contribution in [2.75, 3.05) is 10.6 Å². The van der Waals surface area contributed by atoms with Gasteiger partial charge in [-0.1, -0.05) is 19.9 Å². The van der Waals surface area contributed by atoms with Gasteiger partial charge in [0.2, 0.25) is 5.91 Å². The summed E-state index contributed by atoms with van der Waals surface area (Å²) >= 11 is 0. The average molecular weight is 328 g/mol. The first-order valence-electron chi connectivity index (χ1n) is 8.06. The van der Waals surface area contributed by atoms with Crippen LogP contribution in [-0.4, -0.2) is 21.6 Å². The molecule has 0 radical (unpaired) electrons. The topological polar surface area (TPSA) is 76.0 Å². The molecule has 0 unspecified atom stereocenters. The summed E-state index contributed by atoms with van der Waals surface area (Å²) in [6.45, 7) is 9.57. The maximum absolute atomic E-state index is 12.3. The molecule has 0 atom stereocenters. The molecule has 0 aliphatic heterocycles. The number of nitrogens with zero attached hydrogens (tertiary/aromatic N) is 2. The predicted molar refractivity (Wildman–Crippen MR) is 95.2 cm³/mol. The van der Waals surface area contributed by atoms with Gasteiger partial charge in [0.1, 0.15) is 0 Å². The number of carbonyl (C=O) groups excluding carboxylic acids is 2. The Morgan fingerprint density at radius 1 is 1.08 bits per heavy atom. The number of benzene rings is 1. The number of aromatic nitrogens is 2. The Kier molecular flexibility index (Phi) is 5.39. The van der Waals surface area contributed by atoms with Crippen molar-refractivity contribution in [2.45, 2.75) is 40.7 Å². The molecule has 2 rings (SSSR count). The zero-order valence-electron chi connectivity index (χ0n) is 14.8. The van der Waals surface area contributed by atoms with Gasteiger partial charge in [0.05, 0.1) is 0 Å². The molecule has 1 heterocycles. The number of nitrogens with one attached hydrogen (secondary N) is 2. The molecule has 2 aromatic rings. The van der Waals surface area contributed by atoms with Crippen molar-refractivity contribution < 1.29 is 9.59 Å². The number of aryl methyl sites for hydroxylation is 1. The van der Waals surface area contributed by atoms with Crippen LogP contribution in [0.5, 0.6) is 0 Å². The highest BCUT2D eigenvalue weighted by atomic mass is 16.2. The third-order valence-electron chi connectivity index (χ3n) is 3.65. The number of anilines is 2. The lowest BCUT2D eigenvalue weighted by Crippen LogP contribution is -2.19. The molecule has 0 aliphatic rings. The minimum Gasteiger partial charge on any atom is -0.326 e. The minimum atomic E-state index is -0.278. The molecule has 6 heteroatoms. The number of hydrogen-bond donors (Lipinski definition) is 2. The summed E-state index contributed by atoms with van der Waals surface area (Å²) in [5.74, 6) is -0.445. The molecule has 0 bridgehead atoms. The Morgan fingerprint density at radius 3 is 2.38 bits per heavy atom. The van der Waals surface area contributed by atoms with Gasteiger partial charge < -0.3 is 10.6 Å². The van der Waals surface area contributed by atoms with E-state index in [1.165, 1.54) is 0 Å². The Morgan fingerprint density at radius 2 is 1.79 bits per heavy atom. The van der Waals surface area contributed by atoms with Crippen molar-refractivity contribution in [2.24, 2.45) is 5.92 Å². The largest absolute Gasteiger partial charge is 0.326 e. The second-order valence-electron chi connectivity index (χ2n) is 6.40. The summed E-state index contributed by atoms with van der Waals surface area (Å²) in [4.78, 5) is 24.2. The lowest BCUT2D eigenvalue weighted by atomic mass is 10.1. The van der Waals surface area contributed by atoms with Crippen LogP contribution < -0.4 is 10.6 Å². The van der Waals surface area contributed by atoms with Gasteiger partial charge in [-0.05, 0) is 44.5 Å². The molecule has 24 heavy (non-hydrogen) atoms. The van der Waals surface area contributed by atoms with Crippen LogP contribution in [0.15, 0.2) is 30.5 Å². The van der Waals surface area contributed by atoms with Gasteiger partial charge in [0.15, 0.2) is 5.69 Å². The van der Waals surface area contributed by atoms with Crippen molar-refractivity contribution in [1.82, 2.24) is 9.78 Å². The van der Waals surface area contributed by atoms with Crippen LogP contribution in [0, 0.1) is 12.8 Å². The molecule has 2 amide bonds. The van der Waals surface area contributed by atoms with E-state index in [1.807, 2.05) is 40.7 Å². The maximum Gasteiger partial charge on any atom is 0.276 e. The van der Waals surface area contributed by atoms with E-state index >= 15 is 0 Å². The summed E-state index contributed by atoms with van der Waals surface area (Å²) in [6, 6.07) is 7.30. The van der Waals surface area contributed by atoms with Crippen molar-refractivity contribution >= 4 is 23.2 Å². The van der Waals surface area contributed by atoms with Gasteiger partial charge >= 0.3 is 0 Å². The SMILES string of the molecule is Cc1ccc(NC(=O)c2ccn(C(C)C)n2)cc1NC(=O)C(C)C. The Bertz CT molecular complexity index is 747. The first-order valence-corrected chi connectivity index (χ1v) is 8.06. The maximum atomic E-state index is 12.3. The second-order valence-corrected chi connectivity index (χ2v) is 6.40. The Labute approximate surface area is 142 Å². The van der Waals surface area contributed by atoms with E-state index in [0.717, 1.165) is 5.56 Å². The van der Waals surface area contributed by atoms with E-state index in [-0.39, 0.29) is 23.8 Å². The van der Waals surface area contributed by atoms with Gasteiger partial charge in [-0.2, -0.15) is 5.10 Å². The Hall–Kier alpha value is -2.63. The fourth-order valence-corrected chi connectivity index (χ4v) is 2.05. The number of carbonyl (C=O) groups is 2. The number of amides is 2. The predicted octanol–water partition coefficient (Wildman–Crippen LogP) is 3.62. The second kappa shape index (κ2) is 7.29. The molecule has 128 valence electrons. The third-order valence-corrected chi connectivity index (χ3v) is 3.65. The van der Waals surface area contributed by atoms with Crippen LogP contribution in [0.4, 0.5) is 11.4 Å². The van der Waals surface area contributed by atoms with Gasteiger partial charge in [-0.25, -0.2) is 0 Å². The highest BCUT2D eigenvalue weighted by Gasteiger charge is 2.13. The molecule has 0 fully saturated rings. The molecule has 1 aromatic carbocycles. The lowest BCUT2D eigenvalue weighted by molar-refractivity contribution is -0.118. The summed E-state index contributed by atoms with van der Waals surface area (Å²) in [5, 5.41) is 9.94. The summed E-state index contributed by atoms with van der Waals surface area (Å²) in [6.07, 6.45) is 1.78. The monoisotopic (exact) mass is 328 g/mol. The number of hydrogen-bond acceptors (Lipinski definition) is 3. The normalized spacial score (nSPS) is 11.0. The van der Waals surface area contributed by atoms with Crippen molar-refractivity contribution in [3.63, 3.8) is 0 Å². The van der Waals surface area contributed by atoms with Crippen LogP contribution in [0.1, 0.15) is 49.8 Å². The highest BCUT2D eigenvalue weighted by molar-refractivity contribution is 6.03. The zero-order valence-corrected chi connectivity index (χ0v) is 14.8. The fraction of sp³-hybridized carbons (Fsp3) is 0.389. The van der Waals surface area contributed by atoms with E-state index in [2.05, 4.69) is 15.7 Å². The van der Waals surface area contributed by atoms with Gasteiger partial charge in [0, 0.05) is 29.5 Å². The molecule has 1 aromatic heterocycles. The van der Waals surface area contributed by atoms with Crippen molar-refractivity contribution in [3.05, 3.63) is 41.7 Å². The average Bonchev–Trinajstić information content (AvgIpc) is 3.00. The summed E-state index contributed by atoms with van der Waals surface area (Å²) < 4.78 is 1.73. The van der Waals surface area contributed by atoms with E-state index in [0.29, 0.717) is 17.1 Å². The molecule has 6 nitrogen and oxygen atoms in total. The zero-order chi connectivity index (χ0) is 17.9. The van der Waals surface area contributed by atoms with E-state index in [1.54, 1.807) is 29.1 Å². The first-order chi connectivity index (χ1) is 11.3. The molecule has 2 N–H and O–H groups in total. The van der Waals surface area contributed by atoms with Crippen LogP contribution in [0.3, 0.4) is 0 Å². The van der Waals surface area contributed by atoms with Gasteiger partial charge in [0.25, 0.3) is 5.91 Å². The minimum absolute atomic E-state index is 0.0581. The quantitative estimate of drug-likeness (QED) is 0.880. The van der Waals surface area contributed by atoms with Crippen LogP contribution in [-0.2, 0) is 4.79 Å². The van der Waals surface area contributed by atoms with Crippen LogP contribution >= 0.6 is 0 Å². The standard InChI is InChI=1S/C18H24N4O2/c1-11(2)17(23)20-16-10-14(7-6-13(16)5)19-18(24)15-8-9-22(21-15)12(3)4/h6-12H,1-5H3,(H,19,24)(H,20,23). The van der Waals surface area contributed by atoms with Gasteiger partial charge in [-0.3, -0.25) is 14.3 Å². The number of rotatable bonds is 5. The summed E-state index contributed by atoms with van der Waals surface area (Å²) in [7, 11) is 0. The van der Waals surface area contributed by atoms with E-state index in [4.69, 9.17) is 0 Å². The lowest BCUT2D eigenvalue weighted by Gasteiger charge is -2.12. The van der Waals surface area contributed by atoms with Crippen LogP contribution in [0.2, 0.25) is 0 Å². The van der Waals surface area contributed by atoms with Crippen molar-refractivity contribution in [1.29, 1.82) is 0 Å². The fourth-order valence-electron chi connectivity index (χ4n) is 2.05. The Balaban J connectivity index is 2.14. The van der Waals surface area contributed by atoms with Crippen molar-refractivity contribution in [3.8, 4) is 0 Å². The molecular weight excluding hydrogens is 304 g/mol. The molecule has 0 spiro atoms. The van der Waals surface area contributed by atoms with Gasteiger partial charge in [-0.15, -0.1) is 0 Å².